The molecule has 0 radical (unpaired) electrons. The summed E-state index contributed by atoms with van der Waals surface area (Å²) in [5.41, 5.74) is 1.47. The highest BCUT2D eigenvalue weighted by molar-refractivity contribution is 6.20. The Kier molecular flexibility index (Phi) is 5.04. The molecule has 2 rings (SSSR count). The van der Waals surface area contributed by atoms with Crippen LogP contribution >= 0.6 is 11.6 Å². The Morgan fingerprint density at radius 2 is 1.90 bits per heavy atom. The van der Waals surface area contributed by atoms with E-state index < -0.39 is 0 Å². The van der Waals surface area contributed by atoms with Crippen molar-refractivity contribution >= 4 is 22.8 Å². The van der Waals surface area contributed by atoms with Crippen LogP contribution in [0.15, 0.2) is 6.33 Å². The lowest BCUT2D eigenvalue weighted by Crippen LogP contribution is -2.11. The molecule has 116 valence electrons. The molecule has 0 saturated heterocycles. The summed E-state index contributed by atoms with van der Waals surface area (Å²) in [5, 5.41) is -0.189. The second-order valence-corrected chi connectivity index (χ2v) is 6.49. The highest BCUT2D eigenvalue weighted by atomic mass is 35.5. The average Bonchev–Trinajstić information content (AvgIpc) is 2.84. The maximum atomic E-state index is 6.31. The molecule has 5 nitrogen and oxygen atoms in total. The highest BCUT2D eigenvalue weighted by Gasteiger charge is 2.22. The number of fused-ring (bicyclic) bond motifs is 1. The SMILES string of the molecule is COc1ncnc2c1nc(C(C)Cl)n2C(C)CCC(C)C. The molecular weight excluding hydrogens is 288 g/mol. The molecule has 2 aromatic rings. The van der Waals surface area contributed by atoms with Crippen molar-refractivity contribution in [3.8, 4) is 5.88 Å². The van der Waals surface area contributed by atoms with E-state index in [0.29, 0.717) is 17.3 Å². The van der Waals surface area contributed by atoms with E-state index in [-0.39, 0.29) is 11.4 Å². The van der Waals surface area contributed by atoms with Gasteiger partial charge in [-0.15, -0.1) is 11.6 Å². The van der Waals surface area contributed by atoms with E-state index in [2.05, 4.69) is 40.3 Å². The summed E-state index contributed by atoms with van der Waals surface area (Å²) in [6.07, 6.45) is 3.72. The topological polar surface area (TPSA) is 52.8 Å². The summed E-state index contributed by atoms with van der Waals surface area (Å²) in [6.45, 7) is 8.57. The van der Waals surface area contributed by atoms with Crippen molar-refractivity contribution < 1.29 is 4.74 Å². The summed E-state index contributed by atoms with van der Waals surface area (Å²) < 4.78 is 7.41. The number of alkyl halides is 1. The lowest BCUT2D eigenvalue weighted by molar-refractivity contribution is 0.401. The van der Waals surface area contributed by atoms with Crippen molar-refractivity contribution in [2.75, 3.05) is 7.11 Å². The third-order valence-corrected chi connectivity index (χ3v) is 3.82. The lowest BCUT2D eigenvalue weighted by atomic mass is 10.0. The number of methoxy groups -OCH3 is 1. The summed E-state index contributed by atoms with van der Waals surface area (Å²) >= 11 is 6.31. The zero-order valence-electron chi connectivity index (χ0n) is 13.3. The number of nitrogens with zero attached hydrogens (tertiary/aromatic N) is 4. The molecule has 0 aromatic carbocycles. The van der Waals surface area contributed by atoms with E-state index in [1.807, 2.05) is 6.92 Å². The Hall–Kier alpha value is -1.36. The lowest BCUT2D eigenvalue weighted by Gasteiger charge is -2.18. The van der Waals surface area contributed by atoms with Crippen molar-refractivity contribution in [2.45, 2.75) is 52.0 Å². The number of rotatable bonds is 6. The molecular formula is C15H23ClN4O. The predicted octanol–water partition coefficient (Wildman–Crippen LogP) is 4.13. The third-order valence-electron chi connectivity index (χ3n) is 3.62. The summed E-state index contributed by atoms with van der Waals surface area (Å²) in [6, 6.07) is 0.285. The Balaban J connectivity index is 2.51. The molecule has 0 spiro atoms. The van der Waals surface area contributed by atoms with Gasteiger partial charge in [0.25, 0.3) is 0 Å². The third kappa shape index (κ3) is 3.28. The van der Waals surface area contributed by atoms with E-state index in [9.17, 15) is 0 Å². The van der Waals surface area contributed by atoms with Crippen LogP contribution < -0.4 is 4.74 Å². The van der Waals surface area contributed by atoms with Gasteiger partial charge < -0.3 is 9.30 Å². The van der Waals surface area contributed by atoms with E-state index >= 15 is 0 Å². The first-order valence-electron chi connectivity index (χ1n) is 7.36. The van der Waals surface area contributed by atoms with Gasteiger partial charge in [0.2, 0.25) is 5.88 Å². The number of halogens is 1. The van der Waals surface area contributed by atoms with Crippen LogP contribution in [0.25, 0.3) is 11.2 Å². The maximum Gasteiger partial charge on any atom is 0.245 e. The molecule has 0 aliphatic heterocycles. The van der Waals surface area contributed by atoms with Crippen LogP contribution in [0.5, 0.6) is 5.88 Å². The van der Waals surface area contributed by atoms with Gasteiger partial charge >= 0.3 is 0 Å². The van der Waals surface area contributed by atoms with Crippen molar-refractivity contribution in [3.05, 3.63) is 12.2 Å². The van der Waals surface area contributed by atoms with Crippen LogP contribution in [-0.2, 0) is 0 Å². The van der Waals surface area contributed by atoms with Gasteiger partial charge in [-0.25, -0.2) is 9.97 Å². The number of hydrogen-bond acceptors (Lipinski definition) is 4. The second kappa shape index (κ2) is 6.60. The van der Waals surface area contributed by atoms with Gasteiger partial charge in [-0.3, -0.25) is 0 Å². The Labute approximate surface area is 130 Å². The van der Waals surface area contributed by atoms with Crippen molar-refractivity contribution in [3.63, 3.8) is 0 Å². The van der Waals surface area contributed by atoms with Crippen molar-refractivity contribution in [1.29, 1.82) is 0 Å². The fraction of sp³-hybridized carbons (Fsp3) is 0.667. The molecule has 0 saturated carbocycles. The fourth-order valence-corrected chi connectivity index (χ4v) is 2.63. The molecule has 0 fully saturated rings. The predicted molar refractivity (Wildman–Crippen MR) is 84.9 cm³/mol. The Morgan fingerprint density at radius 3 is 2.48 bits per heavy atom. The standard InChI is InChI=1S/C15H23ClN4O/c1-9(2)6-7-10(3)20-13(11(4)16)19-12-14(20)17-8-18-15(12)21-5/h8-11H,6-7H2,1-5H3. The minimum Gasteiger partial charge on any atom is -0.479 e. The van der Waals surface area contributed by atoms with Crippen LogP contribution in [0.2, 0.25) is 0 Å². The summed E-state index contributed by atoms with van der Waals surface area (Å²) in [5.74, 6) is 1.98. The summed E-state index contributed by atoms with van der Waals surface area (Å²) in [4.78, 5) is 13.1. The molecule has 6 heteroatoms. The number of ether oxygens (including phenoxy) is 1. The Bertz CT molecular complexity index is 609. The molecule has 2 heterocycles. The molecule has 0 aliphatic rings. The van der Waals surface area contributed by atoms with Gasteiger partial charge in [0.1, 0.15) is 12.2 Å². The van der Waals surface area contributed by atoms with Crippen molar-refractivity contribution in [2.24, 2.45) is 5.92 Å². The molecule has 0 N–H and O–H groups in total. The van der Waals surface area contributed by atoms with Gasteiger partial charge in [-0.05, 0) is 32.6 Å². The van der Waals surface area contributed by atoms with E-state index in [4.69, 9.17) is 16.3 Å². The normalized spacial score (nSPS) is 14.6. The first-order valence-corrected chi connectivity index (χ1v) is 7.80. The van der Waals surface area contributed by atoms with Crippen molar-refractivity contribution in [1.82, 2.24) is 19.5 Å². The van der Waals surface area contributed by atoms with Crippen LogP contribution in [0.4, 0.5) is 0 Å². The summed E-state index contributed by atoms with van der Waals surface area (Å²) in [7, 11) is 1.59. The first kappa shape index (κ1) is 16.0. The first-order chi connectivity index (χ1) is 9.95. The van der Waals surface area contributed by atoms with E-state index in [0.717, 1.165) is 24.3 Å². The van der Waals surface area contributed by atoms with Gasteiger partial charge in [0.05, 0.1) is 12.5 Å². The minimum atomic E-state index is -0.189. The van der Waals surface area contributed by atoms with Crippen LogP contribution in [-0.4, -0.2) is 26.6 Å². The number of aromatic nitrogens is 4. The van der Waals surface area contributed by atoms with E-state index in [1.54, 1.807) is 7.11 Å². The van der Waals surface area contributed by atoms with Gasteiger partial charge in [-0.2, -0.15) is 4.98 Å². The zero-order chi connectivity index (χ0) is 15.6. The van der Waals surface area contributed by atoms with Gasteiger partial charge in [-0.1, -0.05) is 13.8 Å². The largest absolute Gasteiger partial charge is 0.479 e. The molecule has 0 bridgehead atoms. The smallest absolute Gasteiger partial charge is 0.245 e. The zero-order valence-corrected chi connectivity index (χ0v) is 14.1. The quantitative estimate of drug-likeness (QED) is 0.753. The molecule has 0 amide bonds. The fourth-order valence-electron chi connectivity index (χ4n) is 2.47. The maximum absolute atomic E-state index is 6.31. The number of hydrogen-bond donors (Lipinski definition) is 0. The monoisotopic (exact) mass is 310 g/mol. The van der Waals surface area contributed by atoms with Crippen LogP contribution in [0, 0.1) is 5.92 Å². The van der Waals surface area contributed by atoms with Gasteiger partial charge in [0, 0.05) is 6.04 Å². The van der Waals surface area contributed by atoms with Gasteiger partial charge in [0.15, 0.2) is 11.2 Å². The number of imidazole rings is 1. The Morgan fingerprint density at radius 1 is 1.19 bits per heavy atom. The average molecular weight is 311 g/mol. The molecule has 2 atom stereocenters. The van der Waals surface area contributed by atoms with Crippen LogP contribution in [0.3, 0.4) is 0 Å². The molecule has 2 unspecified atom stereocenters. The second-order valence-electron chi connectivity index (χ2n) is 5.83. The van der Waals surface area contributed by atoms with E-state index in [1.165, 1.54) is 6.33 Å². The van der Waals surface area contributed by atoms with Crippen LogP contribution in [0.1, 0.15) is 57.8 Å². The molecule has 2 aromatic heterocycles. The highest BCUT2D eigenvalue weighted by Crippen LogP contribution is 2.31. The molecule has 21 heavy (non-hydrogen) atoms. The minimum absolute atomic E-state index is 0.189. The molecule has 0 aliphatic carbocycles.